The largest absolute Gasteiger partial charge is 0.462 e. The fourth-order valence-corrected chi connectivity index (χ4v) is 5.40. The quantitative estimate of drug-likeness (QED) is 0.337. The number of hydrogen-bond donors (Lipinski definition) is 1. The lowest BCUT2D eigenvalue weighted by molar-refractivity contribution is 0.0502. The highest BCUT2D eigenvalue weighted by Crippen LogP contribution is 2.43. The first-order valence-corrected chi connectivity index (χ1v) is 14.0. The standard InChI is InChI=1S/C31H36ClN3O5/c1-5-39-28(37)25-19-26(21-10-7-6-8-11-21)34-35(27(25)36)24-14-16-31(17-15-24,22-12-9-13-23(32)18-22)20-33-29(38)40-30(2,3)4/h6-13,18-19,24H,5,14-17,20H2,1-4H3,(H,33,38). The van der Waals surface area contributed by atoms with Crippen LogP contribution in [-0.4, -0.2) is 40.6 Å². The van der Waals surface area contributed by atoms with Crippen molar-refractivity contribution in [2.45, 2.75) is 70.4 Å². The maximum Gasteiger partial charge on any atom is 0.407 e. The number of nitrogens with zero attached hydrogens (tertiary/aromatic N) is 2. The van der Waals surface area contributed by atoms with Gasteiger partial charge in [0.25, 0.3) is 5.56 Å². The van der Waals surface area contributed by atoms with E-state index in [0.717, 1.165) is 11.1 Å². The van der Waals surface area contributed by atoms with Crippen molar-refractivity contribution in [3.8, 4) is 11.3 Å². The van der Waals surface area contributed by atoms with Crippen LogP contribution in [0.2, 0.25) is 5.02 Å². The lowest BCUT2D eigenvalue weighted by Gasteiger charge is -2.41. The molecule has 0 aliphatic heterocycles. The Morgan fingerprint density at radius 3 is 2.40 bits per heavy atom. The maximum atomic E-state index is 13.5. The summed E-state index contributed by atoms with van der Waals surface area (Å²) < 4.78 is 12.1. The second-order valence-corrected chi connectivity index (χ2v) is 11.6. The fraction of sp³-hybridized carbons (Fsp3) is 0.419. The Labute approximate surface area is 239 Å². The smallest absolute Gasteiger partial charge is 0.407 e. The molecule has 1 N–H and O–H groups in total. The van der Waals surface area contributed by atoms with E-state index in [4.69, 9.17) is 26.2 Å². The van der Waals surface area contributed by atoms with Gasteiger partial charge in [-0.2, -0.15) is 5.10 Å². The normalized spacial score (nSPS) is 19.1. The Morgan fingerprint density at radius 1 is 1.07 bits per heavy atom. The topological polar surface area (TPSA) is 99.5 Å². The molecule has 40 heavy (non-hydrogen) atoms. The summed E-state index contributed by atoms with van der Waals surface area (Å²) in [7, 11) is 0. The van der Waals surface area contributed by atoms with Gasteiger partial charge in [-0.05, 0) is 77.1 Å². The molecule has 0 saturated heterocycles. The number of aromatic nitrogens is 2. The second kappa shape index (κ2) is 12.3. The lowest BCUT2D eigenvalue weighted by Crippen LogP contribution is -2.46. The summed E-state index contributed by atoms with van der Waals surface area (Å²) in [6.07, 6.45) is 2.05. The van der Waals surface area contributed by atoms with Crippen LogP contribution in [0.25, 0.3) is 11.3 Å². The molecule has 9 heteroatoms. The highest BCUT2D eigenvalue weighted by molar-refractivity contribution is 6.30. The average molecular weight is 566 g/mol. The average Bonchev–Trinajstić information content (AvgIpc) is 2.92. The van der Waals surface area contributed by atoms with Gasteiger partial charge in [0.1, 0.15) is 11.2 Å². The van der Waals surface area contributed by atoms with Gasteiger partial charge in [0, 0.05) is 22.5 Å². The summed E-state index contributed by atoms with van der Waals surface area (Å²) in [6.45, 7) is 7.70. The summed E-state index contributed by atoms with van der Waals surface area (Å²) in [5.74, 6) is -0.661. The number of esters is 1. The van der Waals surface area contributed by atoms with Crippen LogP contribution < -0.4 is 10.9 Å². The Balaban J connectivity index is 1.65. The van der Waals surface area contributed by atoms with Crippen molar-refractivity contribution >= 4 is 23.7 Å². The number of ether oxygens (including phenoxy) is 2. The SMILES string of the molecule is CCOC(=O)c1cc(-c2ccccc2)nn(C2CCC(CNC(=O)OC(C)(C)C)(c3cccc(Cl)c3)CC2)c1=O. The summed E-state index contributed by atoms with van der Waals surface area (Å²) >= 11 is 6.36. The molecule has 0 atom stereocenters. The van der Waals surface area contributed by atoms with Crippen molar-refractivity contribution in [3.05, 3.63) is 87.2 Å². The third-order valence-electron chi connectivity index (χ3n) is 7.17. The van der Waals surface area contributed by atoms with Gasteiger partial charge in [-0.1, -0.05) is 54.1 Å². The van der Waals surface area contributed by atoms with Crippen molar-refractivity contribution in [1.29, 1.82) is 0 Å². The summed E-state index contributed by atoms with van der Waals surface area (Å²) in [5.41, 5.74) is 0.814. The van der Waals surface area contributed by atoms with Crippen molar-refractivity contribution in [2.24, 2.45) is 0 Å². The zero-order valence-electron chi connectivity index (χ0n) is 23.4. The molecule has 1 amide bonds. The van der Waals surface area contributed by atoms with Crippen molar-refractivity contribution in [3.63, 3.8) is 0 Å². The number of carbonyl (C=O) groups is 2. The molecule has 8 nitrogen and oxygen atoms in total. The predicted molar refractivity (Wildman–Crippen MR) is 155 cm³/mol. The Morgan fingerprint density at radius 2 is 1.77 bits per heavy atom. The lowest BCUT2D eigenvalue weighted by atomic mass is 9.68. The van der Waals surface area contributed by atoms with E-state index in [2.05, 4.69) is 5.32 Å². The molecule has 1 fully saturated rings. The van der Waals surface area contributed by atoms with Gasteiger partial charge >= 0.3 is 12.1 Å². The highest BCUT2D eigenvalue weighted by atomic mass is 35.5. The fourth-order valence-electron chi connectivity index (χ4n) is 5.21. The van der Waals surface area contributed by atoms with E-state index in [1.54, 1.807) is 6.92 Å². The van der Waals surface area contributed by atoms with Crippen LogP contribution in [0.4, 0.5) is 4.79 Å². The van der Waals surface area contributed by atoms with Gasteiger partial charge in [0.05, 0.1) is 18.3 Å². The first-order chi connectivity index (χ1) is 19.0. The van der Waals surface area contributed by atoms with Crippen LogP contribution >= 0.6 is 11.6 Å². The number of carbonyl (C=O) groups excluding carboxylic acids is 2. The highest BCUT2D eigenvalue weighted by Gasteiger charge is 2.39. The Bertz CT molecular complexity index is 1410. The molecule has 0 bridgehead atoms. The first-order valence-electron chi connectivity index (χ1n) is 13.6. The van der Waals surface area contributed by atoms with Crippen LogP contribution in [-0.2, 0) is 14.9 Å². The number of alkyl carbamates (subject to hydrolysis) is 1. The van der Waals surface area contributed by atoms with Gasteiger partial charge in [-0.3, -0.25) is 4.79 Å². The number of nitrogens with one attached hydrogen (secondary N) is 1. The number of hydrogen-bond acceptors (Lipinski definition) is 6. The van der Waals surface area contributed by atoms with Crippen LogP contribution in [0.15, 0.2) is 65.5 Å². The van der Waals surface area contributed by atoms with Crippen molar-refractivity contribution in [2.75, 3.05) is 13.2 Å². The van der Waals surface area contributed by atoms with Gasteiger partial charge in [0.15, 0.2) is 0 Å². The molecular weight excluding hydrogens is 530 g/mol. The number of amides is 1. The number of benzene rings is 2. The molecule has 4 rings (SSSR count). The molecular formula is C31H36ClN3O5. The van der Waals surface area contributed by atoms with E-state index in [1.807, 2.05) is 75.4 Å². The summed E-state index contributed by atoms with van der Waals surface area (Å²) in [4.78, 5) is 38.8. The zero-order valence-corrected chi connectivity index (χ0v) is 24.2. The summed E-state index contributed by atoms with van der Waals surface area (Å²) in [5, 5.41) is 8.27. The predicted octanol–water partition coefficient (Wildman–Crippen LogP) is 6.32. The van der Waals surface area contributed by atoms with E-state index in [1.165, 1.54) is 10.7 Å². The van der Waals surface area contributed by atoms with Crippen molar-refractivity contribution in [1.82, 2.24) is 15.1 Å². The number of halogens is 1. The molecule has 1 heterocycles. The molecule has 1 aliphatic rings. The van der Waals surface area contributed by atoms with E-state index in [-0.39, 0.29) is 18.2 Å². The minimum Gasteiger partial charge on any atom is -0.462 e. The maximum absolute atomic E-state index is 13.5. The molecule has 2 aromatic carbocycles. The minimum atomic E-state index is -0.661. The molecule has 0 spiro atoms. The third-order valence-corrected chi connectivity index (χ3v) is 7.40. The van der Waals surface area contributed by atoms with Crippen LogP contribution in [0.5, 0.6) is 0 Å². The Kier molecular flexibility index (Phi) is 8.98. The molecule has 212 valence electrons. The summed E-state index contributed by atoms with van der Waals surface area (Å²) in [6, 6.07) is 18.4. The zero-order chi connectivity index (χ0) is 28.9. The van der Waals surface area contributed by atoms with Gasteiger partial charge < -0.3 is 14.8 Å². The van der Waals surface area contributed by atoms with Crippen LogP contribution in [0, 0.1) is 0 Å². The van der Waals surface area contributed by atoms with Gasteiger partial charge in [0.2, 0.25) is 0 Å². The van der Waals surface area contributed by atoms with E-state index in [9.17, 15) is 14.4 Å². The van der Waals surface area contributed by atoms with Crippen molar-refractivity contribution < 1.29 is 19.1 Å². The molecule has 1 aromatic heterocycles. The van der Waals surface area contributed by atoms with Gasteiger partial charge in [-0.25, -0.2) is 14.3 Å². The first kappa shape index (κ1) is 29.3. The van der Waals surface area contributed by atoms with E-state index >= 15 is 0 Å². The monoisotopic (exact) mass is 565 g/mol. The van der Waals surface area contributed by atoms with E-state index in [0.29, 0.717) is 42.9 Å². The molecule has 0 radical (unpaired) electrons. The molecule has 0 unspecified atom stereocenters. The molecule has 1 aliphatic carbocycles. The number of rotatable bonds is 7. The van der Waals surface area contributed by atoms with E-state index < -0.39 is 28.6 Å². The van der Waals surface area contributed by atoms with Crippen LogP contribution in [0.1, 0.15) is 75.3 Å². The third kappa shape index (κ3) is 6.91. The molecule has 3 aromatic rings. The minimum absolute atomic E-state index is 0.0334. The van der Waals surface area contributed by atoms with Crippen LogP contribution in [0.3, 0.4) is 0 Å². The second-order valence-electron chi connectivity index (χ2n) is 11.2. The molecule has 1 saturated carbocycles. The van der Waals surface area contributed by atoms with Gasteiger partial charge in [-0.15, -0.1) is 0 Å². The Hall–Kier alpha value is -3.65.